The van der Waals surface area contributed by atoms with E-state index in [1.54, 1.807) is 0 Å². The van der Waals surface area contributed by atoms with E-state index in [4.69, 9.17) is 4.74 Å². The SMILES string of the molecule is CC1(C)CC(c2ccc3[nH]c(CO)cc3c2)CCO1. The Balaban J connectivity index is 1.92. The largest absolute Gasteiger partial charge is 0.390 e. The van der Waals surface area contributed by atoms with E-state index >= 15 is 0 Å². The quantitative estimate of drug-likeness (QED) is 0.869. The van der Waals surface area contributed by atoms with Gasteiger partial charge in [0.2, 0.25) is 0 Å². The highest BCUT2D eigenvalue weighted by Gasteiger charge is 2.29. The van der Waals surface area contributed by atoms with Crippen LogP contribution in [-0.2, 0) is 11.3 Å². The number of aliphatic hydroxyl groups is 1. The van der Waals surface area contributed by atoms with Crippen LogP contribution in [-0.4, -0.2) is 22.3 Å². The molecule has 102 valence electrons. The first-order valence-electron chi connectivity index (χ1n) is 6.94. The van der Waals surface area contributed by atoms with Crippen LogP contribution < -0.4 is 0 Å². The Morgan fingerprint density at radius 3 is 2.95 bits per heavy atom. The minimum absolute atomic E-state index is 0.0215. The molecule has 0 radical (unpaired) electrons. The summed E-state index contributed by atoms with van der Waals surface area (Å²) in [5, 5.41) is 10.4. The van der Waals surface area contributed by atoms with Gasteiger partial charge in [0, 0.05) is 23.2 Å². The molecule has 1 aliphatic rings. The van der Waals surface area contributed by atoms with Gasteiger partial charge in [-0.15, -0.1) is 0 Å². The van der Waals surface area contributed by atoms with Gasteiger partial charge in [0.15, 0.2) is 0 Å². The standard InChI is InChI=1S/C16H21NO2/c1-16(2)9-12(5-6-19-16)11-3-4-15-13(7-11)8-14(10-18)17-15/h3-4,7-8,12,17-18H,5-6,9-10H2,1-2H3. The van der Waals surface area contributed by atoms with Crippen molar-refractivity contribution in [3.63, 3.8) is 0 Å². The fraction of sp³-hybridized carbons (Fsp3) is 0.500. The zero-order valence-corrected chi connectivity index (χ0v) is 11.6. The molecular formula is C16H21NO2. The number of aromatic amines is 1. The molecule has 1 aromatic carbocycles. The minimum atomic E-state index is -0.0215. The van der Waals surface area contributed by atoms with Gasteiger partial charge in [-0.05, 0) is 56.4 Å². The van der Waals surface area contributed by atoms with Crippen LogP contribution in [0.2, 0.25) is 0 Å². The summed E-state index contributed by atoms with van der Waals surface area (Å²) in [7, 11) is 0. The number of aliphatic hydroxyl groups excluding tert-OH is 1. The van der Waals surface area contributed by atoms with Crippen molar-refractivity contribution in [2.75, 3.05) is 6.61 Å². The monoisotopic (exact) mass is 259 g/mol. The summed E-state index contributed by atoms with van der Waals surface area (Å²) in [6, 6.07) is 8.60. The van der Waals surface area contributed by atoms with Crippen molar-refractivity contribution >= 4 is 10.9 Å². The van der Waals surface area contributed by atoms with E-state index in [1.165, 1.54) is 10.9 Å². The summed E-state index contributed by atoms with van der Waals surface area (Å²) in [5.41, 5.74) is 3.33. The molecule has 1 saturated heterocycles. The Morgan fingerprint density at radius 2 is 2.21 bits per heavy atom. The van der Waals surface area contributed by atoms with Crippen molar-refractivity contribution in [2.24, 2.45) is 0 Å². The molecule has 2 aromatic rings. The Bertz CT molecular complexity index is 585. The first-order valence-corrected chi connectivity index (χ1v) is 6.94. The normalized spacial score (nSPS) is 22.8. The maximum absolute atomic E-state index is 9.18. The van der Waals surface area contributed by atoms with Crippen LogP contribution in [0.3, 0.4) is 0 Å². The molecule has 1 fully saturated rings. The molecule has 0 aliphatic carbocycles. The second-order valence-corrected chi connectivity index (χ2v) is 6.10. The minimum Gasteiger partial charge on any atom is -0.390 e. The molecule has 0 spiro atoms. The second-order valence-electron chi connectivity index (χ2n) is 6.10. The van der Waals surface area contributed by atoms with Crippen LogP contribution in [0.5, 0.6) is 0 Å². The second kappa shape index (κ2) is 4.66. The maximum atomic E-state index is 9.18. The van der Waals surface area contributed by atoms with Crippen LogP contribution >= 0.6 is 0 Å². The Hall–Kier alpha value is -1.32. The Morgan fingerprint density at radius 1 is 1.37 bits per heavy atom. The molecule has 1 aliphatic heterocycles. The van der Waals surface area contributed by atoms with Crippen LogP contribution in [0.4, 0.5) is 0 Å². The van der Waals surface area contributed by atoms with Crippen LogP contribution in [0.15, 0.2) is 24.3 Å². The molecule has 19 heavy (non-hydrogen) atoms. The Labute approximate surface area is 113 Å². The van der Waals surface area contributed by atoms with Gasteiger partial charge in [-0.25, -0.2) is 0 Å². The van der Waals surface area contributed by atoms with Gasteiger partial charge in [-0.2, -0.15) is 0 Å². The first kappa shape index (κ1) is 12.7. The third-order valence-electron chi connectivity index (χ3n) is 4.04. The zero-order chi connectivity index (χ0) is 13.5. The molecule has 1 unspecified atom stereocenters. The van der Waals surface area contributed by atoms with Gasteiger partial charge in [0.1, 0.15) is 0 Å². The summed E-state index contributed by atoms with van der Waals surface area (Å²) in [4.78, 5) is 3.22. The summed E-state index contributed by atoms with van der Waals surface area (Å²) >= 11 is 0. The maximum Gasteiger partial charge on any atom is 0.0831 e. The van der Waals surface area contributed by atoms with Gasteiger partial charge in [0.25, 0.3) is 0 Å². The lowest BCUT2D eigenvalue weighted by Gasteiger charge is -2.35. The molecule has 1 aromatic heterocycles. The number of ether oxygens (including phenoxy) is 1. The summed E-state index contributed by atoms with van der Waals surface area (Å²) in [5.74, 6) is 0.570. The highest BCUT2D eigenvalue weighted by atomic mass is 16.5. The average Bonchev–Trinajstić information content (AvgIpc) is 2.79. The van der Waals surface area contributed by atoms with E-state index in [-0.39, 0.29) is 12.2 Å². The van der Waals surface area contributed by atoms with Gasteiger partial charge >= 0.3 is 0 Å². The van der Waals surface area contributed by atoms with Crippen LogP contribution in [0.1, 0.15) is 43.9 Å². The number of hydrogen-bond donors (Lipinski definition) is 2. The van der Waals surface area contributed by atoms with E-state index in [9.17, 15) is 5.11 Å². The van der Waals surface area contributed by atoms with Gasteiger partial charge in [-0.1, -0.05) is 6.07 Å². The summed E-state index contributed by atoms with van der Waals surface area (Å²) in [6.45, 7) is 5.23. The predicted molar refractivity (Wildman–Crippen MR) is 76.2 cm³/mol. The van der Waals surface area contributed by atoms with E-state index < -0.39 is 0 Å². The Kier molecular flexibility index (Phi) is 3.11. The molecule has 1 atom stereocenters. The lowest BCUT2D eigenvalue weighted by molar-refractivity contribution is -0.0592. The fourth-order valence-electron chi connectivity index (χ4n) is 3.07. The van der Waals surface area contributed by atoms with Gasteiger partial charge in [0.05, 0.1) is 12.2 Å². The van der Waals surface area contributed by atoms with E-state index in [1.807, 2.05) is 6.07 Å². The molecule has 2 N–H and O–H groups in total. The van der Waals surface area contributed by atoms with Gasteiger partial charge < -0.3 is 14.8 Å². The topological polar surface area (TPSA) is 45.2 Å². The molecule has 0 saturated carbocycles. The van der Waals surface area contributed by atoms with Crippen molar-refractivity contribution in [2.45, 2.75) is 44.8 Å². The highest BCUT2D eigenvalue weighted by Crippen LogP contribution is 2.36. The molecule has 3 rings (SSSR count). The van der Waals surface area contributed by atoms with Crippen LogP contribution in [0, 0.1) is 0 Å². The van der Waals surface area contributed by atoms with Gasteiger partial charge in [-0.3, -0.25) is 0 Å². The first-order chi connectivity index (χ1) is 9.07. The summed E-state index contributed by atoms with van der Waals surface area (Å²) < 4.78 is 5.79. The average molecular weight is 259 g/mol. The lowest BCUT2D eigenvalue weighted by Crippen LogP contribution is -2.32. The number of nitrogens with one attached hydrogen (secondary N) is 1. The third kappa shape index (κ3) is 2.53. The number of hydrogen-bond acceptors (Lipinski definition) is 2. The van der Waals surface area contributed by atoms with Crippen molar-refractivity contribution in [1.82, 2.24) is 4.98 Å². The molecule has 0 amide bonds. The van der Waals surface area contributed by atoms with Crippen molar-refractivity contribution in [1.29, 1.82) is 0 Å². The predicted octanol–water partition coefficient (Wildman–Crippen LogP) is 3.33. The zero-order valence-electron chi connectivity index (χ0n) is 11.6. The molecule has 3 heteroatoms. The van der Waals surface area contributed by atoms with Crippen molar-refractivity contribution in [3.8, 4) is 0 Å². The molecular weight excluding hydrogens is 238 g/mol. The third-order valence-corrected chi connectivity index (χ3v) is 4.04. The summed E-state index contributed by atoms with van der Waals surface area (Å²) in [6.07, 6.45) is 2.15. The highest BCUT2D eigenvalue weighted by molar-refractivity contribution is 5.81. The molecule has 2 heterocycles. The number of fused-ring (bicyclic) bond motifs is 1. The van der Waals surface area contributed by atoms with Crippen LogP contribution in [0.25, 0.3) is 10.9 Å². The number of rotatable bonds is 2. The van der Waals surface area contributed by atoms with E-state index in [0.717, 1.165) is 30.7 Å². The van der Waals surface area contributed by atoms with Crippen molar-refractivity contribution < 1.29 is 9.84 Å². The lowest BCUT2D eigenvalue weighted by atomic mass is 9.83. The van der Waals surface area contributed by atoms with E-state index in [0.29, 0.717) is 5.92 Å². The van der Waals surface area contributed by atoms with Crippen molar-refractivity contribution in [3.05, 3.63) is 35.5 Å². The van der Waals surface area contributed by atoms with E-state index in [2.05, 4.69) is 37.0 Å². The molecule has 0 bridgehead atoms. The number of benzene rings is 1. The number of aromatic nitrogens is 1. The smallest absolute Gasteiger partial charge is 0.0831 e. The fourth-order valence-corrected chi connectivity index (χ4v) is 3.07. The number of H-pyrrole nitrogens is 1. The molecule has 3 nitrogen and oxygen atoms in total.